The summed E-state index contributed by atoms with van der Waals surface area (Å²) in [5.74, 6) is 0.524. The fraction of sp³-hybridized carbons (Fsp3) is 0.545. The first-order valence-corrected chi connectivity index (χ1v) is 5.14. The van der Waals surface area contributed by atoms with Crippen LogP contribution in [0.25, 0.3) is 0 Å². The van der Waals surface area contributed by atoms with E-state index in [2.05, 4.69) is 4.98 Å². The lowest BCUT2D eigenvalue weighted by Gasteiger charge is -2.19. The van der Waals surface area contributed by atoms with E-state index in [1.807, 2.05) is 6.92 Å². The average Bonchev–Trinajstić information content (AvgIpc) is 2.58. The largest absolute Gasteiger partial charge is 0.443 e. The second-order valence-electron chi connectivity index (χ2n) is 4.40. The number of imidazole rings is 1. The van der Waals surface area contributed by atoms with Gasteiger partial charge in [-0.15, -0.1) is 0 Å². The Morgan fingerprint density at radius 2 is 2.19 bits per heavy atom. The van der Waals surface area contributed by atoms with E-state index in [1.165, 1.54) is 10.8 Å². The van der Waals surface area contributed by atoms with Crippen LogP contribution < -0.4 is 0 Å². The van der Waals surface area contributed by atoms with Crippen molar-refractivity contribution >= 4 is 12.4 Å². The molecule has 0 aliphatic carbocycles. The van der Waals surface area contributed by atoms with Crippen molar-refractivity contribution < 1.29 is 14.3 Å². The van der Waals surface area contributed by atoms with Gasteiger partial charge in [-0.25, -0.2) is 14.3 Å². The molecule has 0 atom stereocenters. The van der Waals surface area contributed by atoms with Crippen molar-refractivity contribution in [3.05, 3.63) is 17.7 Å². The zero-order chi connectivity index (χ0) is 12.3. The smallest absolute Gasteiger partial charge is 0.420 e. The normalized spacial score (nSPS) is 11.2. The minimum absolute atomic E-state index is 0.239. The second-order valence-corrected chi connectivity index (χ2v) is 4.40. The van der Waals surface area contributed by atoms with Crippen molar-refractivity contribution in [2.45, 2.75) is 39.7 Å². The Bertz CT molecular complexity index is 402. The van der Waals surface area contributed by atoms with E-state index < -0.39 is 11.7 Å². The van der Waals surface area contributed by atoms with Crippen LogP contribution in [0, 0.1) is 0 Å². The van der Waals surface area contributed by atoms with Crippen LogP contribution in [0.15, 0.2) is 6.20 Å². The number of carbonyl (C=O) groups excluding carboxylic acids is 2. The van der Waals surface area contributed by atoms with Gasteiger partial charge in [-0.1, -0.05) is 6.92 Å². The molecular formula is C11H16N2O3. The number of carbonyl (C=O) groups is 2. The highest BCUT2D eigenvalue weighted by atomic mass is 16.6. The van der Waals surface area contributed by atoms with Gasteiger partial charge in [-0.2, -0.15) is 0 Å². The first-order chi connectivity index (χ1) is 7.37. The van der Waals surface area contributed by atoms with Crippen LogP contribution in [0.2, 0.25) is 0 Å². The summed E-state index contributed by atoms with van der Waals surface area (Å²) < 4.78 is 6.46. The molecule has 1 aromatic heterocycles. The van der Waals surface area contributed by atoms with E-state index in [0.717, 1.165) is 0 Å². The molecule has 0 N–H and O–H groups in total. The third kappa shape index (κ3) is 2.92. The van der Waals surface area contributed by atoms with Crippen LogP contribution in [0.3, 0.4) is 0 Å². The van der Waals surface area contributed by atoms with Gasteiger partial charge in [-0.3, -0.25) is 4.79 Å². The molecule has 5 heteroatoms. The van der Waals surface area contributed by atoms with Crippen molar-refractivity contribution in [3.8, 4) is 0 Å². The minimum atomic E-state index is -0.562. The molecule has 0 saturated carbocycles. The van der Waals surface area contributed by atoms with Crippen molar-refractivity contribution in [1.82, 2.24) is 9.55 Å². The molecule has 0 saturated heterocycles. The highest BCUT2D eigenvalue weighted by Crippen LogP contribution is 2.11. The maximum absolute atomic E-state index is 11.8. The molecule has 1 rings (SSSR count). The summed E-state index contributed by atoms with van der Waals surface area (Å²) in [7, 11) is 0. The van der Waals surface area contributed by atoms with Gasteiger partial charge in [-0.05, 0) is 20.8 Å². The third-order valence-corrected chi connectivity index (χ3v) is 1.82. The van der Waals surface area contributed by atoms with Crippen molar-refractivity contribution in [1.29, 1.82) is 0 Å². The summed E-state index contributed by atoms with van der Waals surface area (Å²) in [5.41, 5.74) is -0.323. The van der Waals surface area contributed by atoms with Crippen LogP contribution in [-0.4, -0.2) is 27.5 Å². The summed E-state index contributed by atoms with van der Waals surface area (Å²) >= 11 is 0. The molecule has 1 heterocycles. The van der Waals surface area contributed by atoms with Crippen LogP contribution >= 0.6 is 0 Å². The monoisotopic (exact) mass is 224 g/mol. The van der Waals surface area contributed by atoms with Crippen LogP contribution in [0.1, 0.15) is 44.0 Å². The summed E-state index contributed by atoms with van der Waals surface area (Å²) in [5, 5.41) is 0. The Morgan fingerprint density at radius 3 is 2.62 bits per heavy atom. The van der Waals surface area contributed by atoms with Crippen molar-refractivity contribution in [2.24, 2.45) is 0 Å². The number of hydrogen-bond donors (Lipinski definition) is 0. The molecule has 0 fully saturated rings. The lowest BCUT2D eigenvalue weighted by Crippen LogP contribution is -2.27. The lowest BCUT2D eigenvalue weighted by molar-refractivity contribution is 0.0532. The molecule has 0 spiro atoms. The standard InChI is InChI=1S/C11H16N2O3/c1-5-9-12-8(7-14)6-13(9)10(15)16-11(2,3)4/h6-7H,5H2,1-4H3. The zero-order valence-electron chi connectivity index (χ0n) is 9.98. The Kier molecular flexibility index (Phi) is 3.47. The third-order valence-electron chi connectivity index (χ3n) is 1.82. The van der Waals surface area contributed by atoms with Crippen LogP contribution in [0.5, 0.6) is 0 Å². The van der Waals surface area contributed by atoms with Gasteiger partial charge in [0.25, 0.3) is 0 Å². The highest BCUT2D eigenvalue weighted by Gasteiger charge is 2.20. The summed E-state index contributed by atoms with van der Waals surface area (Å²) in [6.07, 6.45) is 2.05. The SMILES string of the molecule is CCc1nc(C=O)cn1C(=O)OC(C)(C)C. The Morgan fingerprint density at radius 1 is 1.56 bits per heavy atom. The van der Waals surface area contributed by atoms with Gasteiger partial charge in [0.1, 0.15) is 17.1 Å². The Hall–Kier alpha value is -1.65. The topological polar surface area (TPSA) is 61.2 Å². The predicted octanol–water partition coefficient (Wildman–Crippen LogP) is 2.04. The number of ether oxygens (including phenoxy) is 1. The fourth-order valence-corrected chi connectivity index (χ4v) is 1.21. The van der Waals surface area contributed by atoms with E-state index >= 15 is 0 Å². The van der Waals surface area contributed by atoms with Gasteiger partial charge in [0.15, 0.2) is 6.29 Å². The number of nitrogens with zero attached hydrogens (tertiary/aromatic N) is 2. The van der Waals surface area contributed by atoms with Crippen molar-refractivity contribution in [2.75, 3.05) is 0 Å². The quantitative estimate of drug-likeness (QED) is 0.721. The van der Waals surface area contributed by atoms with E-state index in [-0.39, 0.29) is 5.69 Å². The summed E-state index contributed by atoms with van der Waals surface area (Å²) in [6.45, 7) is 7.22. The van der Waals surface area contributed by atoms with E-state index in [0.29, 0.717) is 18.5 Å². The number of aldehydes is 1. The second kappa shape index (κ2) is 4.47. The Balaban J connectivity index is 2.98. The first-order valence-electron chi connectivity index (χ1n) is 5.14. The van der Waals surface area contributed by atoms with Gasteiger partial charge in [0.05, 0.1) is 0 Å². The molecule has 0 aromatic carbocycles. The predicted molar refractivity (Wildman–Crippen MR) is 58.6 cm³/mol. The summed E-state index contributed by atoms with van der Waals surface area (Å²) in [6, 6.07) is 0. The first kappa shape index (κ1) is 12.4. The molecule has 0 bridgehead atoms. The zero-order valence-corrected chi connectivity index (χ0v) is 9.98. The van der Waals surface area contributed by atoms with Crippen LogP contribution in [-0.2, 0) is 11.2 Å². The molecule has 0 aliphatic rings. The molecule has 16 heavy (non-hydrogen) atoms. The van der Waals surface area contributed by atoms with E-state index in [9.17, 15) is 9.59 Å². The van der Waals surface area contributed by atoms with Gasteiger partial charge in [0, 0.05) is 12.6 Å². The summed E-state index contributed by atoms with van der Waals surface area (Å²) in [4.78, 5) is 26.3. The van der Waals surface area contributed by atoms with Crippen molar-refractivity contribution in [3.63, 3.8) is 0 Å². The maximum Gasteiger partial charge on any atom is 0.420 e. The van der Waals surface area contributed by atoms with Gasteiger partial charge >= 0.3 is 6.09 Å². The maximum atomic E-state index is 11.8. The van der Waals surface area contributed by atoms with Crippen LogP contribution in [0.4, 0.5) is 4.79 Å². The lowest BCUT2D eigenvalue weighted by atomic mass is 10.2. The van der Waals surface area contributed by atoms with E-state index in [4.69, 9.17) is 4.74 Å². The fourth-order valence-electron chi connectivity index (χ4n) is 1.21. The Labute approximate surface area is 94.4 Å². The molecule has 0 amide bonds. The number of aryl methyl sites for hydroxylation is 1. The van der Waals surface area contributed by atoms with Gasteiger partial charge < -0.3 is 4.74 Å². The van der Waals surface area contributed by atoms with E-state index in [1.54, 1.807) is 20.8 Å². The number of hydrogen-bond acceptors (Lipinski definition) is 4. The molecule has 0 unspecified atom stereocenters. The number of aromatic nitrogens is 2. The molecule has 5 nitrogen and oxygen atoms in total. The molecule has 88 valence electrons. The number of rotatable bonds is 2. The molecule has 1 aromatic rings. The molecule has 0 radical (unpaired) electrons. The highest BCUT2D eigenvalue weighted by molar-refractivity contribution is 5.76. The molecular weight excluding hydrogens is 208 g/mol. The minimum Gasteiger partial charge on any atom is -0.443 e. The average molecular weight is 224 g/mol. The molecule has 0 aliphatic heterocycles. The van der Waals surface area contributed by atoms with Gasteiger partial charge in [0.2, 0.25) is 0 Å².